The maximum atomic E-state index is 6.69. The zero-order valence-electron chi connectivity index (χ0n) is 15.8. The van der Waals surface area contributed by atoms with Crippen molar-refractivity contribution in [2.75, 3.05) is 13.7 Å². The van der Waals surface area contributed by atoms with Crippen molar-refractivity contribution in [3.63, 3.8) is 0 Å². The number of allylic oxidation sites excluding steroid dienone is 1. The Bertz CT molecular complexity index is 447. The van der Waals surface area contributed by atoms with E-state index in [1.165, 1.54) is 24.1 Å². The minimum Gasteiger partial charge on any atom is -0.382 e. The van der Waals surface area contributed by atoms with Crippen LogP contribution in [0.2, 0.25) is 5.31 Å². The summed E-state index contributed by atoms with van der Waals surface area (Å²) in [6.45, 7) is 14.6. The Hall–Kier alpha value is -0.435. The summed E-state index contributed by atoms with van der Waals surface area (Å²) in [4.78, 5) is 2.68. The van der Waals surface area contributed by atoms with Crippen molar-refractivity contribution in [3.8, 4) is 0 Å². The summed E-state index contributed by atoms with van der Waals surface area (Å²) in [6.07, 6.45) is 5.69. The highest BCUT2D eigenvalue weighted by molar-refractivity contribution is 6.17. The average Bonchev–Trinajstić information content (AvgIpc) is 2.63. The molecule has 0 amide bonds. The first-order valence-electron chi connectivity index (χ1n) is 8.84. The van der Waals surface area contributed by atoms with Crippen molar-refractivity contribution in [3.05, 3.63) is 11.3 Å². The first kappa shape index (κ1) is 17.9. The molecule has 0 aromatic heterocycles. The molecule has 0 aromatic carbocycles. The fourth-order valence-corrected chi connectivity index (χ4v) is 4.98. The smallest absolute Gasteiger partial charge is 0.0803 e. The van der Waals surface area contributed by atoms with E-state index >= 15 is 0 Å². The van der Waals surface area contributed by atoms with Gasteiger partial charge in [-0.2, -0.15) is 0 Å². The molecule has 124 valence electrons. The lowest BCUT2D eigenvalue weighted by Gasteiger charge is -2.50. The Labute approximate surface area is 139 Å². The highest BCUT2D eigenvalue weighted by Crippen LogP contribution is 2.57. The maximum absolute atomic E-state index is 6.69. The molecule has 1 heterocycles. The van der Waals surface area contributed by atoms with Crippen molar-refractivity contribution in [2.45, 2.75) is 90.0 Å². The highest BCUT2D eigenvalue weighted by atomic mass is 16.5. The molecule has 22 heavy (non-hydrogen) atoms. The lowest BCUT2D eigenvalue weighted by Crippen LogP contribution is -2.56. The van der Waals surface area contributed by atoms with E-state index in [1.807, 2.05) is 7.11 Å². The Balaban J connectivity index is 2.52. The Morgan fingerprint density at radius 1 is 1.32 bits per heavy atom. The minimum absolute atomic E-state index is 0.0663. The van der Waals surface area contributed by atoms with E-state index in [-0.39, 0.29) is 16.4 Å². The standard InChI is InChI=1S/C19H34BNO/c1-14(2)11-19(13-22-7)12-15-16(21(19)17(3,4)5)9-8-10-18(15,6)20/h14H,8-13H2,1-7H3. The van der Waals surface area contributed by atoms with E-state index < -0.39 is 0 Å². The van der Waals surface area contributed by atoms with Crippen molar-refractivity contribution in [1.29, 1.82) is 0 Å². The monoisotopic (exact) mass is 303 g/mol. The largest absolute Gasteiger partial charge is 0.382 e. The van der Waals surface area contributed by atoms with Gasteiger partial charge in [-0.1, -0.05) is 32.8 Å². The second-order valence-corrected chi connectivity index (χ2v) is 9.13. The lowest BCUT2D eigenvalue weighted by molar-refractivity contribution is -0.0176. The Morgan fingerprint density at radius 3 is 2.45 bits per heavy atom. The fraction of sp³-hybridized carbons (Fsp3) is 0.895. The van der Waals surface area contributed by atoms with Gasteiger partial charge in [-0.25, -0.2) is 0 Å². The normalized spacial score (nSPS) is 32.8. The van der Waals surface area contributed by atoms with Gasteiger partial charge in [0.2, 0.25) is 0 Å². The summed E-state index contributed by atoms with van der Waals surface area (Å²) in [5.74, 6) is 0.644. The molecule has 0 N–H and O–H groups in total. The van der Waals surface area contributed by atoms with Crippen molar-refractivity contribution >= 4 is 7.85 Å². The van der Waals surface area contributed by atoms with Crippen molar-refractivity contribution < 1.29 is 4.74 Å². The summed E-state index contributed by atoms with van der Waals surface area (Å²) < 4.78 is 5.72. The van der Waals surface area contributed by atoms with Crippen LogP contribution in [0.25, 0.3) is 0 Å². The number of rotatable bonds is 4. The van der Waals surface area contributed by atoms with Crippen LogP contribution in [0, 0.1) is 5.92 Å². The molecule has 0 saturated carbocycles. The number of hydrogen-bond acceptors (Lipinski definition) is 2. The SMILES string of the molecule is [B]C1(C)CCCC2=C1CC(COC)(CC(C)C)N2C(C)(C)C. The third-order valence-corrected chi connectivity index (χ3v) is 5.27. The maximum Gasteiger partial charge on any atom is 0.0803 e. The number of nitrogens with zero attached hydrogens (tertiary/aromatic N) is 1. The quantitative estimate of drug-likeness (QED) is 0.698. The molecule has 0 spiro atoms. The van der Waals surface area contributed by atoms with Gasteiger partial charge in [-0.15, -0.1) is 0 Å². The third-order valence-electron chi connectivity index (χ3n) is 5.27. The molecule has 0 bridgehead atoms. The predicted molar refractivity (Wildman–Crippen MR) is 95.3 cm³/mol. The summed E-state index contributed by atoms with van der Waals surface area (Å²) in [7, 11) is 8.53. The van der Waals surface area contributed by atoms with E-state index in [9.17, 15) is 0 Å². The molecule has 0 aromatic rings. The van der Waals surface area contributed by atoms with Gasteiger partial charge >= 0.3 is 0 Å². The van der Waals surface area contributed by atoms with Crippen LogP contribution in [0.5, 0.6) is 0 Å². The molecular formula is C19H34BNO. The van der Waals surface area contributed by atoms with Crippen LogP contribution in [0.15, 0.2) is 11.3 Å². The molecule has 0 fully saturated rings. The Kier molecular flexibility index (Phi) is 4.79. The number of hydrogen-bond donors (Lipinski definition) is 0. The predicted octanol–water partition coefficient (Wildman–Crippen LogP) is 4.71. The van der Waals surface area contributed by atoms with Crippen LogP contribution in [0.4, 0.5) is 0 Å². The summed E-state index contributed by atoms with van der Waals surface area (Å²) >= 11 is 0. The molecule has 2 nitrogen and oxygen atoms in total. The van der Waals surface area contributed by atoms with E-state index in [4.69, 9.17) is 12.6 Å². The molecule has 2 rings (SSSR count). The molecule has 2 unspecified atom stereocenters. The van der Waals surface area contributed by atoms with Gasteiger partial charge in [0.05, 0.1) is 20.0 Å². The summed E-state index contributed by atoms with van der Waals surface area (Å²) in [5, 5.41) is -0.149. The summed E-state index contributed by atoms with van der Waals surface area (Å²) in [6, 6.07) is 0. The van der Waals surface area contributed by atoms with Crippen LogP contribution in [0.1, 0.15) is 73.6 Å². The third kappa shape index (κ3) is 3.11. The average molecular weight is 303 g/mol. The summed E-state index contributed by atoms with van der Waals surface area (Å²) in [5.41, 5.74) is 3.17. The molecule has 3 heteroatoms. The highest BCUT2D eigenvalue weighted by Gasteiger charge is 2.52. The van der Waals surface area contributed by atoms with Crippen molar-refractivity contribution in [1.82, 2.24) is 4.90 Å². The molecule has 2 atom stereocenters. The lowest BCUT2D eigenvalue weighted by atomic mass is 9.58. The van der Waals surface area contributed by atoms with E-state index in [1.54, 1.807) is 0 Å². The Morgan fingerprint density at radius 2 is 1.95 bits per heavy atom. The van der Waals surface area contributed by atoms with Gasteiger partial charge in [-0.3, -0.25) is 0 Å². The first-order valence-corrected chi connectivity index (χ1v) is 8.84. The molecule has 2 aliphatic rings. The molecular weight excluding hydrogens is 269 g/mol. The van der Waals surface area contributed by atoms with E-state index in [0.717, 1.165) is 25.9 Å². The topological polar surface area (TPSA) is 12.5 Å². The van der Waals surface area contributed by atoms with Gasteiger partial charge in [0.15, 0.2) is 0 Å². The second kappa shape index (κ2) is 5.89. The zero-order chi connectivity index (χ0) is 16.8. The second-order valence-electron chi connectivity index (χ2n) is 9.13. The van der Waals surface area contributed by atoms with Gasteiger partial charge in [0.25, 0.3) is 0 Å². The van der Waals surface area contributed by atoms with Crippen LogP contribution in [0.3, 0.4) is 0 Å². The molecule has 0 saturated heterocycles. The first-order chi connectivity index (χ1) is 10.0. The number of ether oxygens (including phenoxy) is 1. The molecule has 2 radical (unpaired) electrons. The van der Waals surface area contributed by atoms with Gasteiger partial charge in [0, 0.05) is 18.3 Å². The van der Waals surface area contributed by atoms with Crippen LogP contribution in [-0.2, 0) is 4.74 Å². The van der Waals surface area contributed by atoms with Gasteiger partial charge in [-0.05, 0) is 57.7 Å². The van der Waals surface area contributed by atoms with Gasteiger partial charge in [0.1, 0.15) is 0 Å². The number of methoxy groups -OCH3 is 1. The van der Waals surface area contributed by atoms with Crippen LogP contribution < -0.4 is 0 Å². The van der Waals surface area contributed by atoms with Gasteiger partial charge < -0.3 is 9.64 Å². The van der Waals surface area contributed by atoms with Crippen LogP contribution in [-0.4, -0.2) is 37.5 Å². The van der Waals surface area contributed by atoms with Crippen molar-refractivity contribution in [2.24, 2.45) is 5.92 Å². The fourth-order valence-electron chi connectivity index (χ4n) is 4.98. The molecule has 1 aliphatic heterocycles. The van der Waals surface area contributed by atoms with E-state index in [2.05, 4.69) is 46.4 Å². The van der Waals surface area contributed by atoms with Crippen LogP contribution >= 0.6 is 0 Å². The minimum atomic E-state index is -0.149. The zero-order valence-corrected chi connectivity index (χ0v) is 15.8. The van der Waals surface area contributed by atoms with E-state index in [0.29, 0.717) is 5.92 Å². The molecule has 1 aliphatic carbocycles.